The molecule has 1 aromatic carbocycles. The number of methoxy groups -OCH3 is 1. The van der Waals surface area contributed by atoms with Crippen LogP contribution in [-0.2, 0) is 4.74 Å². The molecule has 0 spiro atoms. The van der Waals surface area contributed by atoms with E-state index in [-0.39, 0.29) is 12.1 Å². The van der Waals surface area contributed by atoms with Gasteiger partial charge in [0.15, 0.2) is 0 Å². The van der Waals surface area contributed by atoms with Gasteiger partial charge in [0, 0.05) is 32.7 Å². The molecule has 2 fully saturated rings. The number of urea groups is 1. The minimum atomic E-state index is 0.0520. The van der Waals surface area contributed by atoms with E-state index in [4.69, 9.17) is 9.47 Å². The van der Waals surface area contributed by atoms with Crippen LogP contribution in [0.2, 0.25) is 0 Å². The van der Waals surface area contributed by atoms with Crippen LogP contribution in [0.3, 0.4) is 0 Å². The summed E-state index contributed by atoms with van der Waals surface area (Å²) < 4.78 is 10.7. The Morgan fingerprint density at radius 1 is 1.28 bits per heavy atom. The molecule has 6 heteroatoms. The molecule has 2 heterocycles. The minimum Gasteiger partial charge on any atom is -0.497 e. The van der Waals surface area contributed by atoms with Crippen molar-refractivity contribution in [1.82, 2.24) is 15.1 Å². The minimum absolute atomic E-state index is 0.0520. The fourth-order valence-corrected chi connectivity index (χ4v) is 3.59. The number of hydrogen-bond acceptors (Lipinski definition) is 4. The Balaban J connectivity index is 1.66. The van der Waals surface area contributed by atoms with Gasteiger partial charge in [-0.1, -0.05) is 19.1 Å². The molecule has 2 amide bonds. The fraction of sp³-hybridized carbons (Fsp3) is 0.632. The standard InChI is InChI=1S/C19H29N3O3/c1-15-7-8-22(14-15)19(23)20-13-18(21-9-11-25-12-10-21)16-3-5-17(24-2)6-4-16/h3-6,15,18H,7-14H2,1-2H3,(H,20,23)/t15-,18-/m0/s1. The van der Waals surface area contributed by atoms with E-state index in [0.717, 1.165) is 51.6 Å². The second-order valence-corrected chi connectivity index (χ2v) is 6.96. The molecule has 25 heavy (non-hydrogen) atoms. The summed E-state index contributed by atoms with van der Waals surface area (Å²) in [5.41, 5.74) is 1.19. The van der Waals surface area contributed by atoms with E-state index >= 15 is 0 Å². The number of amides is 2. The van der Waals surface area contributed by atoms with Gasteiger partial charge in [0.05, 0.1) is 26.4 Å². The summed E-state index contributed by atoms with van der Waals surface area (Å²) in [6.07, 6.45) is 1.10. The molecule has 0 aromatic heterocycles. The highest BCUT2D eigenvalue weighted by Crippen LogP contribution is 2.24. The van der Waals surface area contributed by atoms with Crippen LogP contribution in [0.25, 0.3) is 0 Å². The van der Waals surface area contributed by atoms with Gasteiger partial charge in [0.2, 0.25) is 0 Å². The predicted molar refractivity (Wildman–Crippen MR) is 96.9 cm³/mol. The molecule has 1 N–H and O–H groups in total. The highest BCUT2D eigenvalue weighted by Gasteiger charge is 2.26. The lowest BCUT2D eigenvalue weighted by molar-refractivity contribution is 0.0165. The van der Waals surface area contributed by atoms with Crippen molar-refractivity contribution in [3.63, 3.8) is 0 Å². The number of benzene rings is 1. The van der Waals surface area contributed by atoms with Gasteiger partial charge in [0.1, 0.15) is 5.75 Å². The van der Waals surface area contributed by atoms with Crippen molar-refractivity contribution in [3.05, 3.63) is 29.8 Å². The van der Waals surface area contributed by atoms with E-state index in [2.05, 4.69) is 29.3 Å². The Hall–Kier alpha value is -1.79. The Morgan fingerprint density at radius 3 is 2.60 bits per heavy atom. The topological polar surface area (TPSA) is 54.0 Å². The van der Waals surface area contributed by atoms with Gasteiger partial charge in [-0.05, 0) is 30.0 Å². The fourth-order valence-electron chi connectivity index (χ4n) is 3.59. The average molecular weight is 347 g/mol. The highest BCUT2D eigenvalue weighted by molar-refractivity contribution is 5.74. The lowest BCUT2D eigenvalue weighted by Gasteiger charge is -2.35. The number of ether oxygens (including phenoxy) is 2. The van der Waals surface area contributed by atoms with Gasteiger partial charge in [0.25, 0.3) is 0 Å². The maximum atomic E-state index is 12.5. The van der Waals surface area contributed by atoms with Crippen molar-refractivity contribution in [3.8, 4) is 5.75 Å². The number of morpholine rings is 1. The molecular formula is C19H29N3O3. The molecule has 0 saturated carbocycles. The number of hydrogen-bond donors (Lipinski definition) is 1. The Bertz CT molecular complexity index is 558. The zero-order valence-electron chi connectivity index (χ0n) is 15.2. The number of nitrogens with zero attached hydrogens (tertiary/aromatic N) is 2. The van der Waals surface area contributed by atoms with Gasteiger partial charge in [-0.25, -0.2) is 4.79 Å². The summed E-state index contributed by atoms with van der Waals surface area (Å²) in [6, 6.07) is 8.33. The molecule has 0 radical (unpaired) electrons. The molecule has 0 bridgehead atoms. The first-order chi connectivity index (χ1) is 12.2. The van der Waals surface area contributed by atoms with Crippen molar-refractivity contribution < 1.29 is 14.3 Å². The van der Waals surface area contributed by atoms with Crippen LogP contribution in [0.1, 0.15) is 24.9 Å². The van der Waals surface area contributed by atoms with Crippen LogP contribution in [0.5, 0.6) is 5.75 Å². The van der Waals surface area contributed by atoms with E-state index in [1.807, 2.05) is 17.0 Å². The van der Waals surface area contributed by atoms with E-state index in [1.165, 1.54) is 5.56 Å². The van der Waals surface area contributed by atoms with Crippen LogP contribution in [0.15, 0.2) is 24.3 Å². The number of carbonyl (C=O) groups excluding carboxylic acids is 1. The average Bonchev–Trinajstić information content (AvgIpc) is 3.10. The zero-order valence-corrected chi connectivity index (χ0v) is 15.2. The summed E-state index contributed by atoms with van der Waals surface area (Å²) >= 11 is 0. The lowest BCUT2D eigenvalue weighted by atomic mass is 10.0. The van der Waals surface area contributed by atoms with Crippen LogP contribution in [0, 0.1) is 5.92 Å². The number of nitrogens with one attached hydrogen (secondary N) is 1. The van der Waals surface area contributed by atoms with Crippen molar-refractivity contribution in [2.75, 3.05) is 53.0 Å². The first-order valence-corrected chi connectivity index (χ1v) is 9.16. The Morgan fingerprint density at radius 2 is 2.00 bits per heavy atom. The SMILES string of the molecule is COc1ccc([C@H](CNC(=O)N2CC[C@H](C)C2)N2CCOCC2)cc1. The number of rotatable bonds is 5. The third-order valence-corrected chi connectivity index (χ3v) is 5.14. The third kappa shape index (κ3) is 4.64. The van der Waals surface area contributed by atoms with E-state index in [9.17, 15) is 4.79 Å². The second-order valence-electron chi connectivity index (χ2n) is 6.96. The first kappa shape index (κ1) is 18.0. The molecule has 2 saturated heterocycles. The van der Waals surface area contributed by atoms with Crippen molar-refractivity contribution in [2.45, 2.75) is 19.4 Å². The molecule has 0 aliphatic carbocycles. The molecule has 2 atom stereocenters. The van der Waals surface area contributed by atoms with Crippen LogP contribution in [-0.4, -0.2) is 68.9 Å². The molecular weight excluding hydrogens is 318 g/mol. The maximum Gasteiger partial charge on any atom is 0.317 e. The summed E-state index contributed by atoms with van der Waals surface area (Å²) in [4.78, 5) is 16.8. The third-order valence-electron chi connectivity index (χ3n) is 5.14. The van der Waals surface area contributed by atoms with Crippen molar-refractivity contribution in [2.24, 2.45) is 5.92 Å². The predicted octanol–water partition coefficient (Wildman–Crippen LogP) is 2.12. The molecule has 0 unspecified atom stereocenters. The number of likely N-dealkylation sites (tertiary alicyclic amines) is 1. The lowest BCUT2D eigenvalue weighted by Crippen LogP contribution is -2.46. The van der Waals surface area contributed by atoms with Crippen LogP contribution in [0.4, 0.5) is 4.79 Å². The van der Waals surface area contributed by atoms with Crippen molar-refractivity contribution in [1.29, 1.82) is 0 Å². The smallest absolute Gasteiger partial charge is 0.317 e. The zero-order chi connectivity index (χ0) is 17.6. The van der Waals surface area contributed by atoms with Gasteiger partial charge < -0.3 is 19.7 Å². The molecule has 1 aromatic rings. The van der Waals surface area contributed by atoms with E-state index in [1.54, 1.807) is 7.11 Å². The summed E-state index contributed by atoms with van der Waals surface area (Å²) in [5, 5.41) is 3.14. The van der Waals surface area contributed by atoms with Crippen LogP contribution < -0.4 is 10.1 Å². The molecule has 2 aliphatic heterocycles. The summed E-state index contributed by atoms with van der Waals surface area (Å²) in [7, 11) is 1.67. The quantitative estimate of drug-likeness (QED) is 0.886. The molecule has 2 aliphatic rings. The summed E-state index contributed by atoms with van der Waals surface area (Å²) in [5.74, 6) is 1.45. The normalized spacial score (nSPS) is 22.6. The van der Waals surface area contributed by atoms with Gasteiger partial charge >= 0.3 is 6.03 Å². The monoisotopic (exact) mass is 347 g/mol. The highest BCUT2D eigenvalue weighted by atomic mass is 16.5. The van der Waals surface area contributed by atoms with Crippen LogP contribution >= 0.6 is 0 Å². The summed E-state index contributed by atoms with van der Waals surface area (Å²) in [6.45, 7) is 7.76. The maximum absolute atomic E-state index is 12.5. The van der Waals surface area contributed by atoms with Crippen molar-refractivity contribution >= 4 is 6.03 Å². The molecule has 6 nitrogen and oxygen atoms in total. The number of carbonyl (C=O) groups is 1. The van der Waals surface area contributed by atoms with E-state index in [0.29, 0.717) is 12.5 Å². The molecule has 3 rings (SSSR count). The first-order valence-electron chi connectivity index (χ1n) is 9.16. The molecule has 138 valence electrons. The second kappa shape index (κ2) is 8.54. The van der Waals surface area contributed by atoms with Gasteiger partial charge in [-0.2, -0.15) is 0 Å². The Labute approximate surface area is 150 Å². The van der Waals surface area contributed by atoms with Gasteiger partial charge in [-0.3, -0.25) is 4.90 Å². The van der Waals surface area contributed by atoms with Gasteiger partial charge in [-0.15, -0.1) is 0 Å². The Kier molecular flexibility index (Phi) is 6.15. The largest absolute Gasteiger partial charge is 0.497 e. The van der Waals surface area contributed by atoms with E-state index < -0.39 is 0 Å².